The predicted octanol–water partition coefficient (Wildman–Crippen LogP) is 5.51. The number of hydrogen-bond donors (Lipinski definition) is 1. The monoisotopic (exact) mass is 392 g/mol. The molecule has 0 spiro atoms. The van der Waals surface area contributed by atoms with E-state index in [1.54, 1.807) is 0 Å². The van der Waals surface area contributed by atoms with Crippen molar-refractivity contribution in [1.82, 2.24) is 0 Å². The van der Waals surface area contributed by atoms with Crippen molar-refractivity contribution in [1.29, 1.82) is 0 Å². The van der Waals surface area contributed by atoms with Gasteiger partial charge in [-0.25, -0.2) is 0 Å². The fraction of sp³-hybridized carbons (Fsp3) is 0.636. The van der Waals surface area contributed by atoms with Crippen LogP contribution < -0.4 is 0 Å². The topological polar surface area (TPSA) is 55.8 Å². The van der Waals surface area contributed by atoms with Crippen molar-refractivity contribution < 1.29 is 18.7 Å². The minimum Gasteiger partial charge on any atom is -0.388 e. The van der Waals surface area contributed by atoms with E-state index in [0.717, 1.165) is 24.8 Å². The Morgan fingerprint density at radius 1 is 1.19 bits per heavy atom. The highest BCUT2D eigenvalue weighted by Gasteiger charge is 2.68. The highest BCUT2D eigenvalue weighted by Crippen LogP contribution is 2.73. The summed E-state index contributed by atoms with van der Waals surface area (Å²) in [7, 11) is -3.53. The summed E-state index contributed by atoms with van der Waals surface area (Å²) in [6, 6.07) is 10.0. The fourth-order valence-electron chi connectivity index (χ4n) is 5.28. The first kappa shape index (κ1) is 20.8. The molecule has 0 unspecified atom stereocenters. The van der Waals surface area contributed by atoms with E-state index in [1.165, 1.54) is 5.57 Å². The Labute approximate surface area is 163 Å². The van der Waals surface area contributed by atoms with Crippen LogP contribution in [-0.2, 0) is 20.0 Å². The summed E-state index contributed by atoms with van der Waals surface area (Å²) in [4.78, 5) is 0. The van der Waals surface area contributed by atoms with Gasteiger partial charge in [-0.15, -0.1) is 0 Å². The molecule has 0 saturated heterocycles. The Hall–Kier alpha value is -0.930. The van der Waals surface area contributed by atoms with Gasteiger partial charge in [0.25, 0.3) is 0 Å². The zero-order valence-electron chi connectivity index (χ0n) is 16.8. The van der Waals surface area contributed by atoms with Crippen molar-refractivity contribution >= 4 is 7.60 Å². The zero-order valence-corrected chi connectivity index (χ0v) is 17.7. The molecule has 4 nitrogen and oxygen atoms in total. The molecule has 0 amide bonds. The molecule has 1 saturated carbocycles. The Morgan fingerprint density at radius 3 is 2.48 bits per heavy atom. The van der Waals surface area contributed by atoms with Gasteiger partial charge < -0.3 is 14.2 Å². The lowest BCUT2D eigenvalue weighted by atomic mass is 9.61. The molecule has 150 valence electrons. The van der Waals surface area contributed by atoms with Gasteiger partial charge in [0, 0.05) is 6.42 Å². The molecule has 0 aromatic heterocycles. The standard InChI is InChI=1S/C22H33O4P/c1-4-25-27(24,26-5-2)22-15-13-18(3)16-20(22)12-9-14-21(22,23)17-19-10-7-6-8-11-19/h6-8,10-11,13,20,23H,4-5,9,12,14-17H2,1-3H3/t20-,21+,22-/m0/s1. The van der Waals surface area contributed by atoms with Crippen molar-refractivity contribution in [3.8, 4) is 0 Å². The summed E-state index contributed by atoms with van der Waals surface area (Å²) in [5.41, 5.74) is 1.25. The van der Waals surface area contributed by atoms with Crippen LogP contribution in [-0.4, -0.2) is 29.1 Å². The van der Waals surface area contributed by atoms with Gasteiger partial charge in [0.2, 0.25) is 0 Å². The lowest BCUT2D eigenvalue weighted by Crippen LogP contribution is -2.62. The van der Waals surface area contributed by atoms with Crippen LogP contribution in [0.4, 0.5) is 0 Å². The third-order valence-electron chi connectivity index (χ3n) is 6.38. The molecule has 0 heterocycles. The molecule has 2 aliphatic rings. The van der Waals surface area contributed by atoms with Gasteiger partial charge in [-0.2, -0.15) is 0 Å². The van der Waals surface area contributed by atoms with Crippen molar-refractivity contribution in [2.75, 3.05) is 13.2 Å². The van der Waals surface area contributed by atoms with Crippen LogP contribution in [0.2, 0.25) is 0 Å². The average molecular weight is 392 g/mol. The Balaban J connectivity index is 2.14. The number of hydrogen-bond acceptors (Lipinski definition) is 4. The quantitative estimate of drug-likeness (QED) is 0.491. The molecule has 0 radical (unpaired) electrons. The molecule has 0 aliphatic heterocycles. The van der Waals surface area contributed by atoms with Crippen LogP contribution >= 0.6 is 7.60 Å². The Kier molecular flexibility index (Phi) is 6.32. The van der Waals surface area contributed by atoms with Gasteiger partial charge in [0.15, 0.2) is 0 Å². The largest absolute Gasteiger partial charge is 0.388 e. The number of rotatable bonds is 7. The minimum atomic E-state index is -3.53. The number of fused-ring (bicyclic) bond motifs is 1. The second kappa shape index (κ2) is 8.21. The first-order valence-electron chi connectivity index (χ1n) is 10.2. The van der Waals surface area contributed by atoms with Crippen LogP contribution in [0.25, 0.3) is 0 Å². The zero-order chi connectivity index (χ0) is 19.5. The maximum Gasteiger partial charge on any atom is 0.340 e. The van der Waals surface area contributed by atoms with E-state index in [4.69, 9.17) is 9.05 Å². The second-order valence-corrected chi connectivity index (χ2v) is 10.3. The lowest BCUT2D eigenvalue weighted by Gasteiger charge is -2.57. The molecule has 3 rings (SSSR count). The molecule has 27 heavy (non-hydrogen) atoms. The Morgan fingerprint density at radius 2 is 1.85 bits per heavy atom. The predicted molar refractivity (Wildman–Crippen MR) is 109 cm³/mol. The molecular formula is C22H33O4P. The summed E-state index contributed by atoms with van der Waals surface area (Å²) in [5.74, 6) is 0.105. The van der Waals surface area contributed by atoms with Crippen LogP contribution in [0.3, 0.4) is 0 Å². The fourth-order valence-corrected chi connectivity index (χ4v) is 8.18. The average Bonchev–Trinajstić information content (AvgIpc) is 2.62. The van der Waals surface area contributed by atoms with E-state index in [0.29, 0.717) is 32.5 Å². The highest BCUT2D eigenvalue weighted by molar-refractivity contribution is 7.55. The minimum absolute atomic E-state index is 0.105. The molecular weight excluding hydrogens is 359 g/mol. The number of aliphatic hydroxyl groups is 1. The maximum absolute atomic E-state index is 14.2. The number of benzene rings is 1. The Bertz CT molecular complexity index is 706. The normalized spacial score (nSPS) is 31.3. The van der Waals surface area contributed by atoms with E-state index >= 15 is 0 Å². The van der Waals surface area contributed by atoms with Crippen molar-refractivity contribution in [3.05, 3.63) is 47.5 Å². The van der Waals surface area contributed by atoms with Crippen molar-refractivity contribution in [2.45, 2.75) is 70.1 Å². The van der Waals surface area contributed by atoms with E-state index in [-0.39, 0.29) is 5.92 Å². The van der Waals surface area contributed by atoms with Gasteiger partial charge in [-0.3, -0.25) is 4.57 Å². The third kappa shape index (κ3) is 3.58. The van der Waals surface area contributed by atoms with E-state index in [9.17, 15) is 9.67 Å². The van der Waals surface area contributed by atoms with Gasteiger partial charge in [-0.1, -0.05) is 48.4 Å². The van der Waals surface area contributed by atoms with Crippen LogP contribution in [0.1, 0.15) is 58.4 Å². The van der Waals surface area contributed by atoms with Gasteiger partial charge in [0.05, 0.1) is 18.8 Å². The van der Waals surface area contributed by atoms with E-state index in [1.807, 2.05) is 44.2 Å². The van der Waals surface area contributed by atoms with Gasteiger partial charge >= 0.3 is 7.60 Å². The van der Waals surface area contributed by atoms with Gasteiger partial charge in [-0.05, 0) is 57.9 Å². The second-order valence-electron chi connectivity index (χ2n) is 8.00. The summed E-state index contributed by atoms with van der Waals surface area (Å²) in [5, 5.41) is 11.2. The van der Waals surface area contributed by atoms with E-state index < -0.39 is 18.4 Å². The first-order valence-corrected chi connectivity index (χ1v) is 11.8. The first-order chi connectivity index (χ1) is 12.9. The molecule has 1 aromatic rings. The molecule has 1 fully saturated rings. The molecule has 1 N–H and O–H groups in total. The van der Waals surface area contributed by atoms with Crippen LogP contribution in [0.15, 0.2) is 42.0 Å². The van der Waals surface area contributed by atoms with E-state index in [2.05, 4.69) is 13.0 Å². The molecule has 0 bridgehead atoms. The summed E-state index contributed by atoms with van der Waals surface area (Å²) >= 11 is 0. The lowest BCUT2D eigenvalue weighted by molar-refractivity contribution is -0.0711. The molecule has 3 atom stereocenters. The maximum atomic E-state index is 14.2. The smallest absolute Gasteiger partial charge is 0.340 e. The molecule has 1 aromatic carbocycles. The van der Waals surface area contributed by atoms with Crippen molar-refractivity contribution in [3.63, 3.8) is 0 Å². The van der Waals surface area contributed by atoms with Gasteiger partial charge in [0.1, 0.15) is 5.16 Å². The van der Waals surface area contributed by atoms with Crippen LogP contribution in [0, 0.1) is 5.92 Å². The molecule has 5 heteroatoms. The highest BCUT2D eigenvalue weighted by atomic mass is 31.2. The number of allylic oxidation sites excluding steroid dienone is 2. The summed E-state index contributed by atoms with van der Waals surface area (Å²) < 4.78 is 26.0. The summed E-state index contributed by atoms with van der Waals surface area (Å²) in [6.45, 7) is 6.45. The summed E-state index contributed by atoms with van der Waals surface area (Å²) in [6.07, 6.45) is 6.51. The SMILES string of the molecule is CCOP(=O)(OCC)[C@@]12CC=C(C)C[C@@H]1CCC[C@@]2(O)Cc1ccccc1. The third-order valence-corrected chi connectivity index (χ3v) is 9.52. The molecule has 2 aliphatic carbocycles. The van der Waals surface area contributed by atoms with Crippen molar-refractivity contribution in [2.24, 2.45) is 5.92 Å². The van der Waals surface area contributed by atoms with Crippen LogP contribution in [0.5, 0.6) is 0 Å².